The molecule has 12 nitrogen and oxygen atoms in total. The molecule has 0 unspecified atom stereocenters. The summed E-state index contributed by atoms with van der Waals surface area (Å²) in [6.45, 7) is 5.60. The lowest BCUT2D eigenvalue weighted by Gasteiger charge is -2.44. The molecule has 1 fully saturated rings. The Morgan fingerprint density at radius 2 is 1.27 bits per heavy atom. The van der Waals surface area contributed by atoms with E-state index in [-0.39, 0.29) is 23.7 Å². The third-order valence-corrected chi connectivity index (χ3v) is 5.77. The molecule has 12 heteroatoms. The first-order valence-electron chi connectivity index (χ1n) is 12.7. The molecule has 41 heavy (non-hydrogen) atoms. The smallest absolute Gasteiger partial charge is 0.303 e. The van der Waals surface area contributed by atoms with Crippen LogP contribution in [0.3, 0.4) is 0 Å². The van der Waals surface area contributed by atoms with Crippen molar-refractivity contribution in [2.75, 3.05) is 6.61 Å². The van der Waals surface area contributed by atoms with Crippen LogP contribution in [0.1, 0.15) is 50.5 Å². The van der Waals surface area contributed by atoms with Gasteiger partial charge in [0, 0.05) is 27.7 Å². The van der Waals surface area contributed by atoms with Gasteiger partial charge in [-0.1, -0.05) is 36.4 Å². The Labute approximate surface area is 236 Å². The van der Waals surface area contributed by atoms with Gasteiger partial charge >= 0.3 is 23.9 Å². The maximum atomic E-state index is 12.8. The molecule has 1 aliphatic rings. The normalized spacial score (nSPS) is 21.6. The van der Waals surface area contributed by atoms with Gasteiger partial charge in [-0.25, -0.2) is 0 Å². The number of ether oxygens (including phenoxy) is 7. The lowest BCUT2D eigenvalue weighted by molar-refractivity contribution is -0.288. The van der Waals surface area contributed by atoms with Crippen molar-refractivity contribution in [2.24, 2.45) is 0 Å². The number of esters is 4. The maximum Gasteiger partial charge on any atom is 0.303 e. The number of ketones is 1. The Balaban J connectivity index is 2.01. The molecule has 2 aromatic carbocycles. The second-order valence-corrected chi connectivity index (χ2v) is 9.15. The van der Waals surface area contributed by atoms with Gasteiger partial charge in [-0.05, 0) is 24.6 Å². The first kappa shape index (κ1) is 31.1. The zero-order valence-electron chi connectivity index (χ0n) is 23.3. The minimum Gasteiger partial charge on any atom is -0.488 e. The molecule has 0 spiro atoms. The number of benzene rings is 2. The van der Waals surface area contributed by atoms with Gasteiger partial charge < -0.3 is 33.2 Å². The highest BCUT2D eigenvalue weighted by Gasteiger charge is 2.53. The molecule has 0 aromatic heterocycles. The van der Waals surface area contributed by atoms with Gasteiger partial charge in [0.25, 0.3) is 0 Å². The zero-order valence-corrected chi connectivity index (χ0v) is 23.3. The molecule has 2 aromatic rings. The van der Waals surface area contributed by atoms with Gasteiger partial charge in [-0.3, -0.25) is 24.0 Å². The topological polar surface area (TPSA) is 150 Å². The number of hydrogen-bond acceptors (Lipinski definition) is 12. The fourth-order valence-electron chi connectivity index (χ4n) is 4.22. The van der Waals surface area contributed by atoms with E-state index in [4.69, 9.17) is 33.2 Å². The van der Waals surface area contributed by atoms with Crippen LogP contribution in [-0.4, -0.2) is 67.0 Å². The minimum absolute atomic E-state index is 0.0176. The Kier molecular flexibility index (Phi) is 10.8. The fourth-order valence-corrected chi connectivity index (χ4v) is 4.22. The molecule has 5 atom stereocenters. The van der Waals surface area contributed by atoms with E-state index >= 15 is 0 Å². The van der Waals surface area contributed by atoms with Crippen molar-refractivity contribution in [1.29, 1.82) is 0 Å². The molecule has 1 aliphatic heterocycles. The van der Waals surface area contributed by atoms with Gasteiger partial charge in [0.05, 0.1) is 0 Å². The molecular weight excluding hydrogens is 540 g/mol. The van der Waals surface area contributed by atoms with Crippen molar-refractivity contribution in [1.82, 2.24) is 0 Å². The second kappa shape index (κ2) is 14.3. The highest BCUT2D eigenvalue weighted by molar-refractivity contribution is 5.99. The summed E-state index contributed by atoms with van der Waals surface area (Å²) >= 11 is 0. The highest BCUT2D eigenvalue weighted by Crippen LogP contribution is 2.35. The molecule has 1 heterocycles. The number of hydrogen-bond donors (Lipinski definition) is 0. The van der Waals surface area contributed by atoms with Gasteiger partial charge in [-0.15, -0.1) is 0 Å². The van der Waals surface area contributed by atoms with Crippen LogP contribution in [0.25, 0.3) is 0 Å². The van der Waals surface area contributed by atoms with Crippen LogP contribution in [0.2, 0.25) is 0 Å². The quantitative estimate of drug-likeness (QED) is 0.221. The molecule has 1 saturated heterocycles. The van der Waals surface area contributed by atoms with Crippen molar-refractivity contribution in [3.05, 3.63) is 59.7 Å². The summed E-state index contributed by atoms with van der Waals surface area (Å²) in [5.74, 6) is -3.12. The minimum atomic E-state index is -1.50. The van der Waals surface area contributed by atoms with Crippen LogP contribution in [0.5, 0.6) is 11.5 Å². The van der Waals surface area contributed by atoms with E-state index in [1.54, 1.807) is 12.1 Å². The average molecular weight is 573 g/mol. The Morgan fingerprint density at radius 1 is 0.683 bits per heavy atom. The van der Waals surface area contributed by atoms with E-state index in [2.05, 4.69) is 0 Å². The van der Waals surface area contributed by atoms with Gasteiger partial charge in [-0.2, -0.15) is 0 Å². The molecule has 0 radical (unpaired) electrons. The molecule has 3 rings (SSSR count). The summed E-state index contributed by atoms with van der Waals surface area (Å²) in [5, 5.41) is 0. The number of rotatable bonds is 11. The first-order valence-corrected chi connectivity index (χ1v) is 12.7. The third-order valence-electron chi connectivity index (χ3n) is 5.77. The van der Waals surface area contributed by atoms with Crippen LogP contribution in [-0.2, 0) is 49.5 Å². The summed E-state index contributed by atoms with van der Waals surface area (Å²) in [6, 6.07) is 14.0. The highest BCUT2D eigenvalue weighted by atomic mass is 16.7. The average Bonchev–Trinajstić information content (AvgIpc) is 2.89. The second-order valence-electron chi connectivity index (χ2n) is 9.15. The first-order chi connectivity index (χ1) is 19.5. The van der Waals surface area contributed by atoms with Crippen molar-refractivity contribution >= 4 is 29.7 Å². The summed E-state index contributed by atoms with van der Waals surface area (Å²) in [4.78, 5) is 60.4. The van der Waals surface area contributed by atoms with E-state index in [0.717, 1.165) is 26.3 Å². The summed E-state index contributed by atoms with van der Waals surface area (Å²) in [6.07, 6.45) is -6.92. The lowest BCUT2D eigenvalue weighted by Crippen LogP contribution is -2.63. The fraction of sp³-hybridized carbons (Fsp3) is 0.414. The maximum absolute atomic E-state index is 12.8. The van der Waals surface area contributed by atoms with Crippen molar-refractivity contribution in [3.63, 3.8) is 0 Å². The van der Waals surface area contributed by atoms with E-state index in [1.165, 1.54) is 19.9 Å². The summed E-state index contributed by atoms with van der Waals surface area (Å²) < 4.78 is 39.3. The third kappa shape index (κ3) is 8.77. The van der Waals surface area contributed by atoms with Crippen LogP contribution < -0.4 is 9.47 Å². The Bertz CT molecular complexity index is 1260. The number of carbonyl (C=O) groups excluding carboxylic acids is 5. The SMILES string of the molecule is CC(=O)OC[C@H]1O[C@@H](Oc2cccc(OCc3ccccc3)c2C(C)=O)[C@H](OC(C)=O)[C@@H](OC(C)=O)[C@@H]1OC(C)=O. The van der Waals surface area contributed by atoms with Gasteiger partial charge in [0.1, 0.15) is 36.4 Å². The number of Topliss-reactive ketones (excluding diaryl/α,β-unsaturated/α-hetero) is 1. The van der Waals surface area contributed by atoms with E-state index < -0.39 is 67.0 Å². The summed E-state index contributed by atoms with van der Waals surface area (Å²) in [7, 11) is 0. The van der Waals surface area contributed by atoms with E-state index in [9.17, 15) is 24.0 Å². The summed E-state index contributed by atoms with van der Waals surface area (Å²) in [5.41, 5.74) is 0.948. The molecule has 0 saturated carbocycles. The van der Waals surface area contributed by atoms with Crippen LogP contribution in [0, 0.1) is 0 Å². The van der Waals surface area contributed by atoms with Crippen molar-refractivity contribution < 1.29 is 57.1 Å². The molecule has 0 amide bonds. The monoisotopic (exact) mass is 572 g/mol. The lowest BCUT2D eigenvalue weighted by atomic mass is 9.98. The van der Waals surface area contributed by atoms with Gasteiger partial charge in [0.15, 0.2) is 18.0 Å². The largest absolute Gasteiger partial charge is 0.488 e. The predicted molar refractivity (Wildman–Crippen MR) is 140 cm³/mol. The van der Waals surface area contributed by atoms with E-state index in [0.29, 0.717) is 0 Å². The molecule has 0 aliphatic carbocycles. The number of carbonyl (C=O) groups is 5. The van der Waals surface area contributed by atoms with Crippen molar-refractivity contribution in [3.8, 4) is 11.5 Å². The zero-order chi connectivity index (χ0) is 30.1. The van der Waals surface area contributed by atoms with Crippen LogP contribution in [0.4, 0.5) is 0 Å². The van der Waals surface area contributed by atoms with Gasteiger partial charge in [0.2, 0.25) is 12.4 Å². The molecule has 0 N–H and O–H groups in total. The van der Waals surface area contributed by atoms with Crippen LogP contribution in [0.15, 0.2) is 48.5 Å². The van der Waals surface area contributed by atoms with Crippen LogP contribution >= 0.6 is 0 Å². The molecular formula is C29H32O12. The Hall–Kier alpha value is -4.45. The molecule has 220 valence electrons. The van der Waals surface area contributed by atoms with Crippen molar-refractivity contribution in [2.45, 2.75) is 71.9 Å². The van der Waals surface area contributed by atoms with E-state index in [1.807, 2.05) is 30.3 Å². The standard InChI is InChI=1S/C29H32O12/c1-16(30)25-22(36-14-21-10-7-6-8-11-21)12-9-13-23(25)40-29-28(39-20(5)34)27(38-19(4)33)26(37-18(3)32)24(41-29)15-35-17(2)31/h6-13,24,26-29H,14-15H2,1-5H3/t24-,26-,27+,28-,29-/m1/s1. The predicted octanol–water partition coefficient (Wildman–Crippen LogP) is 2.93. The Morgan fingerprint density at radius 3 is 1.85 bits per heavy atom. The molecule has 0 bridgehead atoms.